The molecule has 0 saturated carbocycles. The van der Waals surface area contributed by atoms with E-state index in [-0.39, 0.29) is 18.8 Å². The van der Waals surface area contributed by atoms with Gasteiger partial charge in [0.15, 0.2) is 5.78 Å². The van der Waals surface area contributed by atoms with Crippen molar-refractivity contribution >= 4 is 5.78 Å². The van der Waals surface area contributed by atoms with Crippen LogP contribution in [0.5, 0.6) is 0 Å². The summed E-state index contributed by atoms with van der Waals surface area (Å²) >= 11 is 0. The average molecular weight is 274 g/mol. The molecule has 0 unspecified atom stereocenters. The van der Waals surface area contributed by atoms with E-state index in [9.17, 15) is 18.0 Å². The largest absolute Gasteiger partial charge is 0.416 e. The Morgan fingerprint density at radius 3 is 2.05 bits per heavy atom. The van der Waals surface area contributed by atoms with Gasteiger partial charge in [-0.3, -0.25) is 4.79 Å². The summed E-state index contributed by atoms with van der Waals surface area (Å²) in [6.07, 6.45) is -4.27. The van der Waals surface area contributed by atoms with E-state index in [1.165, 1.54) is 12.1 Å². The van der Waals surface area contributed by atoms with Gasteiger partial charge in [-0.25, -0.2) is 0 Å². The molecular weight excluding hydrogens is 257 g/mol. The maximum Gasteiger partial charge on any atom is 0.416 e. The van der Waals surface area contributed by atoms with E-state index < -0.39 is 17.3 Å². The van der Waals surface area contributed by atoms with Crippen molar-refractivity contribution in [3.05, 3.63) is 35.4 Å². The molecule has 1 rings (SSSR count). The number of carbonyl (C=O) groups is 1. The number of Topliss-reactive ketones (excluding diaryl/α,β-unsaturated/α-hetero) is 1. The van der Waals surface area contributed by atoms with Crippen molar-refractivity contribution in [2.24, 2.45) is 0 Å². The van der Waals surface area contributed by atoms with Crippen LogP contribution in [0.4, 0.5) is 13.2 Å². The van der Waals surface area contributed by atoms with Crippen molar-refractivity contribution in [2.75, 3.05) is 6.61 Å². The number of halogens is 3. The van der Waals surface area contributed by atoms with Crippen LogP contribution in [0.25, 0.3) is 0 Å². The highest BCUT2D eigenvalue weighted by Gasteiger charge is 2.29. The highest BCUT2D eigenvalue weighted by Crippen LogP contribution is 2.29. The predicted octanol–water partition coefficient (Wildman–Crippen LogP) is 3.63. The predicted molar refractivity (Wildman–Crippen MR) is 65.9 cm³/mol. The third-order valence-corrected chi connectivity index (χ3v) is 2.35. The Kier molecular flexibility index (Phi) is 4.74. The molecule has 0 radical (unpaired) electrons. The molecule has 0 aliphatic heterocycles. The summed E-state index contributed by atoms with van der Waals surface area (Å²) in [4.78, 5) is 11.6. The monoisotopic (exact) mass is 274 g/mol. The number of hydrogen-bond donors (Lipinski definition) is 0. The second-order valence-corrected chi connectivity index (χ2v) is 5.31. The van der Waals surface area contributed by atoms with Crippen molar-refractivity contribution < 1.29 is 22.7 Å². The first-order chi connectivity index (χ1) is 8.58. The summed E-state index contributed by atoms with van der Waals surface area (Å²) in [5, 5.41) is 0. The molecule has 1 aromatic carbocycles. The molecule has 0 bridgehead atoms. The number of benzene rings is 1. The molecule has 2 nitrogen and oxygen atoms in total. The topological polar surface area (TPSA) is 26.3 Å². The zero-order chi connectivity index (χ0) is 14.7. The van der Waals surface area contributed by atoms with Crippen molar-refractivity contribution in [2.45, 2.75) is 39.0 Å². The smallest absolute Gasteiger partial charge is 0.368 e. The van der Waals surface area contributed by atoms with Gasteiger partial charge >= 0.3 is 6.18 Å². The van der Waals surface area contributed by atoms with Crippen LogP contribution in [0.3, 0.4) is 0 Å². The lowest BCUT2D eigenvalue weighted by Crippen LogP contribution is -2.24. The average Bonchev–Trinajstić information content (AvgIpc) is 2.25. The lowest BCUT2D eigenvalue weighted by Gasteiger charge is -2.18. The first kappa shape index (κ1) is 15.7. The minimum absolute atomic E-state index is 0.0372. The van der Waals surface area contributed by atoms with Gasteiger partial charge in [0.1, 0.15) is 6.61 Å². The molecule has 0 heterocycles. The van der Waals surface area contributed by atoms with E-state index in [1.54, 1.807) is 0 Å². The van der Waals surface area contributed by atoms with Crippen LogP contribution < -0.4 is 0 Å². The van der Waals surface area contributed by atoms with Gasteiger partial charge in [0, 0.05) is 6.42 Å². The van der Waals surface area contributed by atoms with E-state index in [2.05, 4.69) is 0 Å². The maximum atomic E-state index is 12.3. The Labute approximate surface area is 110 Å². The molecule has 0 amide bonds. The number of ketones is 1. The molecule has 19 heavy (non-hydrogen) atoms. The van der Waals surface area contributed by atoms with E-state index >= 15 is 0 Å². The van der Waals surface area contributed by atoms with Gasteiger partial charge < -0.3 is 4.74 Å². The van der Waals surface area contributed by atoms with Gasteiger partial charge in [-0.15, -0.1) is 0 Å². The molecule has 0 N–H and O–H groups in total. The third kappa shape index (κ3) is 5.87. The number of ether oxygens (including phenoxy) is 1. The molecule has 106 valence electrons. The van der Waals surface area contributed by atoms with Gasteiger partial charge in [0.25, 0.3) is 0 Å². The molecule has 5 heteroatoms. The zero-order valence-corrected chi connectivity index (χ0v) is 11.2. The summed E-state index contributed by atoms with van der Waals surface area (Å²) in [5.41, 5.74) is -0.569. The maximum absolute atomic E-state index is 12.3. The lowest BCUT2D eigenvalue weighted by molar-refractivity contribution is -0.137. The minimum Gasteiger partial charge on any atom is -0.368 e. The molecule has 0 fully saturated rings. The van der Waals surface area contributed by atoms with Gasteiger partial charge in [0.05, 0.1) is 11.2 Å². The first-order valence-electron chi connectivity index (χ1n) is 5.90. The van der Waals surface area contributed by atoms with Crippen molar-refractivity contribution in [1.82, 2.24) is 0 Å². The Bertz CT molecular complexity index is 427. The van der Waals surface area contributed by atoms with Gasteiger partial charge in [-0.2, -0.15) is 13.2 Å². The standard InChI is InChI=1S/C14H17F3O2/c1-13(2,3)19-9-12(18)8-10-4-6-11(7-5-10)14(15,16)17/h4-7H,8-9H2,1-3H3. The number of alkyl halides is 3. The normalized spacial score (nSPS) is 12.5. The minimum atomic E-state index is -4.35. The van der Waals surface area contributed by atoms with E-state index in [1.807, 2.05) is 20.8 Å². The number of rotatable bonds is 4. The molecule has 0 aliphatic rings. The second kappa shape index (κ2) is 5.74. The lowest BCUT2D eigenvalue weighted by atomic mass is 10.1. The fourth-order valence-corrected chi connectivity index (χ4v) is 1.39. The first-order valence-corrected chi connectivity index (χ1v) is 5.90. The SMILES string of the molecule is CC(C)(C)OCC(=O)Cc1ccc(C(F)(F)F)cc1. The van der Waals surface area contributed by atoms with E-state index in [0.717, 1.165) is 12.1 Å². The van der Waals surface area contributed by atoms with Gasteiger partial charge in [-0.05, 0) is 38.5 Å². The van der Waals surface area contributed by atoms with Crippen LogP contribution in [0, 0.1) is 0 Å². The zero-order valence-electron chi connectivity index (χ0n) is 11.2. The second-order valence-electron chi connectivity index (χ2n) is 5.31. The molecule has 0 aliphatic carbocycles. The number of hydrogen-bond acceptors (Lipinski definition) is 2. The van der Waals surface area contributed by atoms with Gasteiger partial charge in [0.2, 0.25) is 0 Å². The van der Waals surface area contributed by atoms with Crippen molar-refractivity contribution in [3.63, 3.8) is 0 Å². The molecule has 1 aromatic rings. The fourth-order valence-electron chi connectivity index (χ4n) is 1.39. The molecule has 0 aromatic heterocycles. The number of carbonyl (C=O) groups excluding carboxylic acids is 1. The highest BCUT2D eigenvalue weighted by molar-refractivity contribution is 5.82. The molecule has 0 atom stereocenters. The Hall–Kier alpha value is -1.36. The highest BCUT2D eigenvalue weighted by atomic mass is 19.4. The summed E-state index contributed by atoms with van der Waals surface area (Å²) in [6.45, 7) is 5.46. The Morgan fingerprint density at radius 1 is 1.11 bits per heavy atom. The van der Waals surface area contributed by atoms with Crippen molar-refractivity contribution in [1.29, 1.82) is 0 Å². The Balaban J connectivity index is 2.56. The van der Waals surface area contributed by atoms with Crippen LogP contribution >= 0.6 is 0 Å². The van der Waals surface area contributed by atoms with Crippen LogP contribution in [0.2, 0.25) is 0 Å². The van der Waals surface area contributed by atoms with Crippen molar-refractivity contribution in [3.8, 4) is 0 Å². The fraction of sp³-hybridized carbons (Fsp3) is 0.500. The van der Waals surface area contributed by atoms with Crippen LogP contribution in [-0.2, 0) is 22.1 Å². The van der Waals surface area contributed by atoms with E-state index in [4.69, 9.17) is 4.74 Å². The van der Waals surface area contributed by atoms with Crippen LogP contribution in [-0.4, -0.2) is 18.0 Å². The summed E-state index contributed by atoms with van der Waals surface area (Å²) < 4.78 is 42.4. The van der Waals surface area contributed by atoms with Crippen LogP contribution in [0.15, 0.2) is 24.3 Å². The molecule has 0 saturated heterocycles. The van der Waals surface area contributed by atoms with E-state index in [0.29, 0.717) is 5.56 Å². The molecular formula is C14H17F3O2. The van der Waals surface area contributed by atoms with Gasteiger partial charge in [-0.1, -0.05) is 12.1 Å². The molecule has 0 spiro atoms. The summed E-state index contributed by atoms with van der Waals surface area (Å²) in [5.74, 6) is -0.158. The third-order valence-electron chi connectivity index (χ3n) is 2.35. The summed E-state index contributed by atoms with van der Waals surface area (Å²) in [6, 6.07) is 4.59. The quantitative estimate of drug-likeness (QED) is 0.838. The Morgan fingerprint density at radius 2 is 1.63 bits per heavy atom. The van der Waals surface area contributed by atoms with Crippen LogP contribution in [0.1, 0.15) is 31.9 Å². The summed E-state index contributed by atoms with van der Waals surface area (Å²) in [7, 11) is 0.